The summed E-state index contributed by atoms with van der Waals surface area (Å²) in [4.78, 5) is 12.2. The zero-order valence-corrected chi connectivity index (χ0v) is 14.7. The lowest BCUT2D eigenvalue weighted by Gasteiger charge is -2.25. The van der Waals surface area contributed by atoms with Gasteiger partial charge in [0.2, 0.25) is 5.91 Å². The third-order valence-electron chi connectivity index (χ3n) is 3.37. The molecule has 3 N–H and O–H groups in total. The minimum absolute atomic E-state index is 0.128. The molecule has 0 radical (unpaired) electrons. The average molecular weight is 306 g/mol. The van der Waals surface area contributed by atoms with Crippen molar-refractivity contribution in [3.63, 3.8) is 0 Å². The van der Waals surface area contributed by atoms with Crippen LogP contribution < -0.4 is 15.8 Å². The molecule has 0 saturated carbocycles. The second kappa shape index (κ2) is 7.14. The van der Waals surface area contributed by atoms with Crippen LogP contribution in [0.1, 0.15) is 58.6 Å². The van der Waals surface area contributed by atoms with Gasteiger partial charge in [-0.05, 0) is 52.7 Å². The van der Waals surface area contributed by atoms with Gasteiger partial charge in [0.05, 0.1) is 5.54 Å². The minimum Gasteiger partial charge on any atom is -0.488 e. The van der Waals surface area contributed by atoms with Crippen LogP contribution in [-0.2, 0) is 11.3 Å². The zero-order chi connectivity index (χ0) is 17.0. The molecule has 0 spiro atoms. The summed E-state index contributed by atoms with van der Waals surface area (Å²) in [5.41, 5.74) is 7.03. The summed E-state index contributed by atoms with van der Waals surface area (Å²) in [7, 11) is 0. The molecule has 0 heterocycles. The highest BCUT2D eigenvalue weighted by molar-refractivity contribution is 5.85. The topological polar surface area (TPSA) is 64.4 Å². The number of hydrogen-bond acceptors (Lipinski definition) is 3. The van der Waals surface area contributed by atoms with Crippen molar-refractivity contribution in [3.05, 3.63) is 29.3 Å². The fraction of sp³-hybridized carbons (Fsp3) is 0.611. The van der Waals surface area contributed by atoms with E-state index in [1.165, 1.54) is 0 Å². The number of ether oxygens (including phenoxy) is 1. The smallest absolute Gasteiger partial charge is 0.240 e. The van der Waals surface area contributed by atoms with Crippen molar-refractivity contribution in [2.45, 2.75) is 72.1 Å². The molecule has 0 aliphatic heterocycles. The molecule has 1 unspecified atom stereocenters. The Morgan fingerprint density at radius 2 is 1.91 bits per heavy atom. The van der Waals surface area contributed by atoms with Crippen molar-refractivity contribution < 1.29 is 9.53 Å². The van der Waals surface area contributed by atoms with Crippen LogP contribution in [0.3, 0.4) is 0 Å². The van der Waals surface area contributed by atoms with Crippen LogP contribution in [0.2, 0.25) is 0 Å². The summed E-state index contributed by atoms with van der Waals surface area (Å²) in [5.74, 6) is 0.679. The van der Waals surface area contributed by atoms with E-state index in [2.05, 4.69) is 5.32 Å². The predicted molar refractivity (Wildman–Crippen MR) is 90.9 cm³/mol. The normalized spacial score (nSPS) is 14.3. The molecule has 0 aliphatic rings. The fourth-order valence-corrected chi connectivity index (χ4v) is 2.24. The maximum Gasteiger partial charge on any atom is 0.240 e. The number of hydrogen-bond donors (Lipinski definition) is 2. The molecule has 1 amide bonds. The third kappa shape index (κ3) is 5.68. The van der Waals surface area contributed by atoms with E-state index in [1.807, 2.05) is 52.8 Å². The van der Waals surface area contributed by atoms with Gasteiger partial charge in [0.1, 0.15) is 11.4 Å². The maximum atomic E-state index is 12.2. The van der Waals surface area contributed by atoms with Crippen LogP contribution in [0.25, 0.3) is 0 Å². The lowest BCUT2D eigenvalue weighted by molar-refractivity contribution is -0.126. The average Bonchev–Trinajstić information content (AvgIpc) is 2.35. The number of carbonyl (C=O) groups excluding carboxylic acids is 1. The van der Waals surface area contributed by atoms with Gasteiger partial charge in [-0.3, -0.25) is 4.79 Å². The molecule has 1 aromatic rings. The van der Waals surface area contributed by atoms with Gasteiger partial charge in [-0.2, -0.15) is 0 Å². The number of rotatable bonds is 6. The van der Waals surface area contributed by atoms with Gasteiger partial charge < -0.3 is 15.8 Å². The second-order valence-corrected chi connectivity index (χ2v) is 7.18. The Labute approximate surface area is 134 Å². The van der Waals surface area contributed by atoms with Crippen molar-refractivity contribution in [1.29, 1.82) is 0 Å². The molecule has 0 fully saturated rings. The Kier molecular flexibility index (Phi) is 6.00. The number of amides is 1. The molecule has 124 valence electrons. The second-order valence-electron chi connectivity index (χ2n) is 7.18. The Morgan fingerprint density at radius 1 is 1.27 bits per heavy atom. The van der Waals surface area contributed by atoms with Gasteiger partial charge in [0.25, 0.3) is 0 Å². The highest BCUT2D eigenvalue weighted by atomic mass is 16.5. The molecule has 0 aliphatic carbocycles. The van der Waals surface area contributed by atoms with Crippen molar-refractivity contribution in [2.24, 2.45) is 5.73 Å². The molecule has 0 bridgehead atoms. The number of aryl methyl sites for hydroxylation is 1. The number of nitrogens with two attached hydrogens (primary N) is 1. The highest BCUT2D eigenvalue weighted by Gasteiger charge is 2.27. The molecule has 1 rings (SSSR count). The standard InChI is InChI=1S/C18H30N2O2/c1-7-10-18(6,19)16(21)20-12-14-9-8-13(2)11-15(14)22-17(3,4)5/h8-9,11H,7,10,12,19H2,1-6H3,(H,20,21). The quantitative estimate of drug-likeness (QED) is 0.847. The van der Waals surface area contributed by atoms with Gasteiger partial charge in [-0.25, -0.2) is 0 Å². The Hall–Kier alpha value is -1.55. The third-order valence-corrected chi connectivity index (χ3v) is 3.37. The van der Waals surface area contributed by atoms with E-state index in [1.54, 1.807) is 6.92 Å². The van der Waals surface area contributed by atoms with Gasteiger partial charge in [-0.15, -0.1) is 0 Å². The van der Waals surface area contributed by atoms with E-state index in [0.717, 1.165) is 23.3 Å². The monoisotopic (exact) mass is 306 g/mol. The van der Waals surface area contributed by atoms with E-state index < -0.39 is 5.54 Å². The summed E-state index contributed by atoms with van der Waals surface area (Å²) < 4.78 is 6.00. The number of benzene rings is 1. The summed E-state index contributed by atoms with van der Waals surface area (Å²) >= 11 is 0. The molecule has 0 aromatic heterocycles. The number of carbonyl (C=O) groups is 1. The first-order valence-electron chi connectivity index (χ1n) is 7.91. The van der Waals surface area contributed by atoms with Crippen LogP contribution in [0.5, 0.6) is 5.75 Å². The van der Waals surface area contributed by atoms with Gasteiger partial charge in [-0.1, -0.05) is 25.5 Å². The Bertz CT molecular complexity index is 516. The highest BCUT2D eigenvalue weighted by Crippen LogP contribution is 2.25. The van der Waals surface area contributed by atoms with Crippen LogP contribution >= 0.6 is 0 Å². The number of nitrogens with one attached hydrogen (secondary N) is 1. The first kappa shape index (κ1) is 18.5. The van der Waals surface area contributed by atoms with E-state index in [4.69, 9.17) is 10.5 Å². The van der Waals surface area contributed by atoms with Crippen LogP contribution in [0.15, 0.2) is 18.2 Å². The summed E-state index contributed by atoms with van der Waals surface area (Å²) in [6, 6.07) is 6.01. The van der Waals surface area contributed by atoms with Crippen molar-refractivity contribution in [3.8, 4) is 5.75 Å². The fourth-order valence-electron chi connectivity index (χ4n) is 2.24. The van der Waals surface area contributed by atoms with Crippen molar-refractivity contribution in [2.75, 3.05) is 0 Å². The minimum atomic E-state index is -0.829. The van der Waals surface area contributed by atoms with E-state index in [0.29, 0.717) is 13.0 Å². The van der Waals surface area contributed by atoms with Gasteiger partial charge in [0, 0.05) is 12.1 Å². The first-order chi connectivity index (χ1) is 10.0. The largest absolute Gasteiger partial charge is 0.488 e. The molecular formula is C18H30N2O2. The Morgan fingerprint density at radius 3 is 2.45 bits per heavy atom. The molecule has 0 saturated heterocycles. The molecule has 4 nitrogen and oxygen atoms in total. The predicted octanol–water partition coefficient (Wildman–Crippen LogP) is 3.31. The molecule has 1 aromatic carbocycles. The molecule has 22 heavy (non-hydrogen) atoms. The van der Waals surface area contributed by atoms with Crippen LogP contribution in [-0.4, -0.2) is 17.0 Å². The maximum absolute atomic E-state index is 12.2. The summed E-state index contributed by atoms with van der Waals surface area (Å²) in [5, 5.41) is 2.93. The molecular weight excluding hydrogens is 276 g/mol. The lowest BCUT2D eigenvalue weighted by atomic mass is 9.96. The van der Waals surface area contributed by atoms with E-state index >= 15 is 0 Å². The Balaban J connectivity index is 2.83. The lowest BCUT2D eigenvalue weighted by Crippen LogP contribution is -2.51. The van der Waals surface area contributed by atoms with Crippen LogP contribution in [0.4, 0.5) is 0 Å². The summed E-state index contributed by atoms with van der Waals surface area (Å²) in [6.45, 7) is 12.3. The molecule has 1 atom stereocenters. The SMILES string of the molecule is CCCC(C)(N)C(=O)NCc1ccc(C)cc1OC(C)(C)C. The van der Waals surface area contributed by atoms with Crippen molar-refractivity contribution in [1.82, 2.24) is 5.32 Å². The molecule has 4 heteroatoms. The zero-order valence-electron chi connectivity index (χ0n) is 14.7. The summed E-state index contributed by atoms with van der Waals surface area (Å²) in [6.07, 6.45) is 1.54. The first-order valence-corrected chi connectivity index (χ1v) is 7.91. The van der Waals surface area contributed by atoms with Crippen molar-refractivity contribution >= 4 is 5.91 Å². The van der Waals surface area contributed by atoms with E-state index in [9.17, 15) is 4.79 Å². The van der Waals surface area contributed by atoms with E-state index in [-0.39, 0.29) is 11.5 Å². The van der Waals surface area contributed by atoms with Gasteiger partial charge in [0.15, 0.2) is 0 Å². The van der Waals surface area contributed by atoms with Crippen LogP contribution in [0, 0.1) is 6.92 Å². The van der Waals surface area contributed by atoms with Gasteiger partial charge >= 0.3 is 0 Å².